The van der Waals surface area contributed by atoms with Crippen molar-refractivity contribution < 1.29 is 23.8 Å². The van der Waals surface area contributed by atoms with E-state index in [-0.39, 0.29) is 18.1 Å². The van der Waals surface area contributed by atoms with E-state index < -0.39 is 6.04 Å². The Balaban J connectivity index is 1.86. The topological polar surface area (TPSA) is 85.9 Å². The molecule has 3 rings (SSSR count). The van der Waals surface area contributed by atoms with E-state index in [2.05, 4.69) is 10.6 Å². The number of hydrogen-bond donors (Lipinski definition) is 2. The Kier molecular flexibility index (Phi) is 7.01. The van der Waals surface area contributed by atoms with Crippen LogP contribution in [-0.4, -0.2) is 32.3 Å². The highest BCUT2D eigenvalue weighted by atomic mass is 16.5. The fraction of sp³-hybridized carbons (Fsp3) is 0.545. The van der Waals surface area contributed by atoms with Crippen molar-refractivity contribution in [1.82, 2.24) is 10.6 Å². The van der Waals surface area contributed by atoms with Gasteiger partial charge in [-0.1, -0.05) is 25.3 Å². The fourth-order valence-electron chi connectivity index (χ4n) is 4.00. The molecule has 0 radical (unpaired) electrons. The molecule has 2 amide bonds. The normalized spacial score (nSPS) is 20.8. The van der Waals surface area contributed by atoms with E-state index in [1.165, 1.54) is 19.3 Å². The van der Waals surface area contributed by atoms with Crippen molar-refractivity contribution in [1.29, 1.82) is 0 Å². The number of methoxy groups -OCH3 is 2. The Bertz CT molecular complexity index is 781. The van der Waals surface area contributed by atoms with Crippen molar-refractivity contribution in [3.05, 3.63) is 35.0 Å². The first-order chi connectivity index (χ1) is 14.0. The lowest BCUT2D eigenvalue weighted by molar-refractivity contribution is -0.145. The molecule has 0 bridgehead atoms. The number of carbonyl (C=O) groups is 2. The minimum atomic E-state index is -0.621. The maximum absolute atomic E-state index is 13.1. The van der Waals surface area contributed by atoms with Crippen molar-refractivity contribution in [2.75, 3.05) is 14.2 Å². The molecule has 1 heterocycles. The standard InChI is InChI=1S/C22H30N2O5/c1-14-19(21(25)29-16-9-7-5-4-6-8-10-16)20(24-22(26)23-14)15-11-12-17(27-2)18(13-15)28-3/h11-13,16,20H,4-10H2,1-3H3,(H2,23,24,26)/t20-/m0/s1. The number of allylic oxidation sites excluding steroid dienone is 1. The van der Waals surface area contributed by atoms with Crippen LogP contribution in [-0.2, 0) is 9.53 Å². The van der Waals surface area contributed by atoms with Crippen LogP contribution < -0.4 is 20.1 Å². The van der Waals surface area contributed by atoms with E-state index in [1.807, 2.05) is 6.07 Å². The van der Waals surface area contributed by atoms with Gasteiger partial charge < -0.3 is 24.8 Å². The third-order valence-corrected chi connectivity index (χ3v) is 5.56. The van der Waals surface area contributed by atoms with Crippen LogP contribution in [0.5, 0.6) is 11.5 Å². The Labute approximate surface area is 171 Å². The molecule has 2 N–H and O–H groups in total. The molecule has 1 fully saturated rings. The molecule has 1 aromatic carbocycles. The molecule has 1 atom stereocenters. The van der Waals surface area contributed by atoms with Crippen LogP contribution in [0.4, 0.5) is 4.79 Å². The molecule has 7 heteroatoms. The zero-order chi connectivity index (χ0) is 20.8. The molecule has 0 aromatic heterocycles. The van der Waals surface area contributed by atoms with Gasteiger partial charge in [0.25, 0.3) is 0 Å². The largest absolute Gasteiger partial charge is 0.493 e. The lowest BCUT2D eigenvalue weighted by Crippen LogP contribution is -2.45. The van der Waals surface area contributed by atoms with E-state index in [4.69, 9.17) is 14.2 Å². The van der Waals surface area contributed by atoms with Crippen molar-refractivity contribution in [3.63, 3.8) is 0 Å². The summed E-state index contributed by atoms with van der Waals surface area (Å²) in [5.41, 5.74) is 1.64. The molecule has 29 heavy (non-hydrogen) atoms. The summed E-state index contributed by atoms with van der Waals surface area (Å²) in [6.45, 7) is 1.72. The molecule has 2 aliphatic rings. The summed E-state index contributed by atoms with van der Waals surface area (Å²) in [5, 5.41) is 5.53. The van der Waals surface area contributed by atoms with Crippen molar-refractivity contribution in [2.45, 2.75) is 64.0 Å². The zero-order valence-corrected chi connectivity index (χ0v) is 17.4. The lowest BCUT2D eigenvalue weighted by Gasteiger charge is -2.30. The third kappa shape index (κ3) is 5.02. The van der Waals surface area contributed by atoms with Gasteiger partial charge in [-0.2, -0.15) is 0 Å². The molecular formula is C22H30N2O5. The number of urea groups is 1. The summed E-state index contributed by atoms with van der Waals surface area (Å²) in [7, 11) is 3.11. The number of nitrogens with one attached hydrogen (secondary N) is 2. The van der Waals surface area contributed by atoms with Crippen LogP contribution in [0.15, 0.2) is 29.5 Å². The van der Waals surface area contributed by atoms with Crippen LogP contribution in [0.3, 0.4) is 0 Å². The molecule has 1 saturated carbocycles. The number of ether oxygens (including phenoxy) is 3. The second-order valence-electron chi connectivity index (χ2n) is 7.56. The summed E-state index contributed by atoms with van der Waals surface area (Å²) in [6.07, 6.45) is 7.46. The zero-order valence-electron chi connectivity index (χ0n) is 17.4. The lowest BCUT2D eigenvalue weighted by atomic mass is 9.94. The molecular weight excluding hydrogens is 372 g/mol. The average molecular weight is 402 g/mol. The first-order valence-electron chi connectivity index (χ1n) is 10.2. The predicted molar refractivity (Wildman–Crippen MR) is 109 cm³/mol. The molecule has 1 aliphatic heterocycles. The minimum absolute atomic E-state index is 0.0771. The van der Waals surface area contributed by atoms with Crippen molar-refractivity contribution in [3.8, 4) is 11.5 Å². The SMILES string of the molecule is COc1ccc([C@@H]2NC(=O)NC(C)=C2C(=O)OC2CCCCCCC2)cc1OC. The molecule has 0 spiro atoms. The van der Waals surface area contributed by atoms with E-state index in [1.54, 1.807) is 33.3 Å². The molecule has 158 valence electrons. The first kappa shape index (κ1) is 21.0. The summed E-state index contributed by atoms with van der Waals surface area (Å²) in [6, 6.07) is 4.36. The van der Waals surface area contributed by atoms with Gasteiger partial charge >= 0.3 is 12.0 Å². The van der Waals surface area contributed by atoms with Crippen molar-refractivity contribution in [2.24, 2.45) is 0 Å². The number of carbonyl (C=O) groups excluding carboxylic acids is 2. The fourth-order valence-corrected chi connectivity index (χ4v) is 4.00. The van der Waals surface area contributed by atoms with E-state index in [9.17, 15) is 9.59 Å². The van der Waals surface area contributed by atoms with Crippen LogP contribution in [0, 0.1) is 0 Å². The van der Waals surface area contributed by atoms with E-state index in [0.29, 0.717) is 22.8 Å². The van der Waals surface area contributed by atoms with Crippen LogP contribution >= 0.6 is 0 Å². The average Bonchev–Trinajstić information content (AvgIpc) is 2.68. The van der Waals surface area contributed by atoms with Gasteiger partial charge in [0, 0.05) is 5.70 Å². The Hall–Kier alpha value is -2.70. The number of rotatable bonds is 5. The van der Waals surface area contributed by atoms with E-state index >= 15 is 0 Å². The van der Waals surface area contributed by atoms with Gasteiger partial charge in [0.15, 0.2) is 11.5 Å². The van der Waals surface area contributed by atoms with Crippen LogP contribution in [0.2, 0.25) is 0 Å². The number of esters is 1. The summed E-state index contributed by atoms with van der Waals surface area (Å²) >= 11 is 0. The third-order valence-electron chi connectivity index (χ3n) is 5.56. The quantitative estimate of drug-likeness (QED) is 0.728. The number of hydrogen-bond acceptors (Lipinski definition) is 5. The smallest absolute Gasteiger partial charge is 0.338 e. The predicted octanol–water partition coefficient (Wildman–Crippen LogP) is 3.99. The van der Waals surface area contributed by atoms with Gasteiger partial charge in [-0.05, 0) is 50.3 Å². The Morgan fingerprint density at radius 1 is 1.00 bits per heavy atom. The van der Waals surface area contributed by atoms with Gasteiger partial charge in [-0.15, -0.1) is 0 Å². The number of benzene rings is 1. The summed E-state index contributed by atoms with van der Waals surface area (Å²) in [4.78, 5) is 25.2. The maximum Gasteiger partial charge on any atom is 0.338 e. The monoisotopic (exact) mass is 402 g/mol. The highest BCUT2D eigenvalue weighted by Crippen LogP contribution is 2.35. The second-order valence-corrected chi connectivity index (χ2v) is 7.56. The maximum atomic E-state index is 13.1. The minimum Gasteiger partial charge on any atom is -0.493 e. The van der Waals surface area contributed by atoms with Crippen molar-refractivity contribution >= 4 is 12.0 Å². The molecule has 0 unspecified atom stereocenters. The van der Waals surface area contributed by atoms with Gasteiger partial charge in [0.1, 0.15) is 6.10 Å². The molecule has 0 saturated heterocycles. The van der Waals surface area contributed by atoms with Crippen LogP contribution in [0.25, 0.3) is 0 Å². The van der Waals surface area contributed by atoms with Gasteiger partial charge in [0.2, 0.25) is 0 Å². The second kappa shape index (κ2) is 9.67. The Morgan fingerprint density at radius 2 is 1.66 bits per heavy atom. The van der Waals surface area contributed by atoms with E-state index in [0.717, 1.165) is 31.2 Å². The molecule has 1 aliphatic carbocycles. The summed E-state index contributed by atoms with van der Waals surface area (Å²) < 4.78 is 16.5. The van der Waals surface area contributed by atoms with Gasteiger partial charge in [-0.25, -0.2) is 9.59 Å². The number of amides is 2. The first-order valence-corrected chi connectivity index (χ1v) is 10.2. The summed E-state index contributed by atoms with van der Waals surface area (Å²) in [5.74, 6) is 0.722. The van der Waals surface area contributed by atoms with Gasteiger partial charge in [0.05, 0.1) is 25.8 Å². The van der Waals surface area contributed by atoms with Gasteiger partial charge in [-0.3, -0.25) is 0 Å². The highest BCUT2D eigenvalue weighted by molar-refractivity contribution is 5.95. The Morgan fingerprint density at radius 3 is 2.31 bits per heavy atom. The van der Waals surface area contributed by atoms with Crippen LogP contribution in [0.1, 0.15) is 63.5 Å². The highest BCUT2D eigenvalue weighted by Gasteiger charge is 2.34. The molecule has 1 aromatic rings. The molecule has 7 nitrogen and oxygen atoms in total.